The van der Waals surface area contributed by atoms with Crippen LogP contribution in [-0.2, 0) is 16.1 Å². The Balaban J connectivity index is 1.74. The van der Waals surface area contributed by atoms with E-state index in [9.17, 15) is 9.59 Å². The Hall–Kier alpha value is -3.02. The first kappa shape index (κ1) is 20.3. The van der Waals surface area contributed by atoms with Crippen molar-refractivity contribution in [2.75, 3.05) is 13.2 Å². The zero-order valence-corrected chi connectivity index (χ0v) is 15.7. The lowest BCUT2D eigenvalue weighted by Gasteiger charge is -2.11. The van der Waals surface area contributed by atoms with Gasteiger partial charge in [0.15, 0.2) is 0 Å². The molecule has 27 heavy (non-hydrogen) atoms. The molecule has 0 bridgehead atoms. The van der Waals surface area contributed by atoms with Crippen molar-refractivity contribution in [3.63, 3.8) is 0 Å². The summed E-state index contributed by atoms with van der Waals surface area (Å²) in [6, 6.07) is 13.4. The SMILES string of the molecule is Cc1ccc(OCCOc2cccc(CNC(=O)CCC(=O)O)c2)cc1C. The standard InChI is InChI=1S/C21H25NO5/c1-15-6-7-19(12-16(15)2)27-11-10-26-18-5-3-4-17(13-18)14-22-20(23)8-9-21(24)25/h3-7,12-13H,8-11,14H2,1-2H3,(H,22,23)(H,24,25). The van der Waals surface area contributed by atoms with Crippen LogP contribution in [0.1, 0.15) is 29.5 Å². The third kappa shape index (κ3) is 7.40. The zero-order valence-electron chi connectivity index (χ0n) is 15.7. The topological polar surface area (TPSA) is 84.9 Å². The van der Waals surface area contributed by atoms with E-state index in [0.717, 1.165) is 11.3 Å². The number of carboxylic acids is 1. The van der Waals surface area contributed by atoms with E-state index in [1.807, 2.05) is 49.4 Å². The molecule has 2 aromatic carbocycles. The Morgan fingerprint density at radius 2 is 1.63 bits per heavy atom. The number of amides is 1. The highest BCUT2D eigenvalue weighted by atomic mass is 16.5. The lowest BCUT2D eigenvalue weighted by atomic mass is 10.1. The molecule has 0 atom stereocenters. The van der Waals surface area contributed by atoms with E-state index in [0.29, 0.717) is 25.5 Å². The van der Waals surface area contributed by atoms with E-state index >= 15 is 0 Å². The second kappa shape index (κ2) is 10.2. The minimum atomic E-state index is -0.983. The predicted molar refractivity (Wildman–Crippen MR) is 102 cm³/mol. The normalized spacial score (nSPS) is 10.3. The molecule has 2 rings (SSSR count). The number of nitrogens with one attached hydrogen (secondary N) is 1. The molecule has 6 nitrogen and oxygen atoms in total. The molecule has 144 valence electrons. The molecule has 0 aromatic heterocycles. The predicted octanol–water partition coefficient (Wildman–Crippen LogP) is 3.24. The number of carboxylic acid groups (broad SMARTS) is 1. The molecule has 0 aliphatic heterocycles. The quantitative estimate of drug-likeness (QED) is 0.626. The maximum atomic E-state index is 11.6. The first-order chi connectivity index (χ1) is 12.9. The second-order valence-corrected chi connectivity index (χ2v) is 6.26. The van der Waals surface area contributed by atoms with E-state index in [2.05, 4.69) is 12.2 Å². The monoisotopic (exact) mass is 371 g/mol. The third-order valence-corrected chi connectivity index (χ3v) is 4.05. The molecule has 0 spiro atoms. The van der Waals surface area contributed by atoms with Crippen LogP contribution < -0.4 is 14.8 Å². The van der Waals surface area contributed by atoms with Gasteiger partial charge >= 0.3 is 5.97 Å². The van der Waals surface area contributed by atoms with Gasteiger partial charge in [0.1, 0.15) is 24.7 Å². The van der Waals surface area contributed by atoms with Gasteiger partial charge < -0.3 is 19.9 Å². The Labute approximate surface area is 159 Å². The lowest BCUT2D eigenvalue weighted by Crippen LogP contribution is -2.23. The number of hydrogen-bond acceptors (Lipinski definition) is 4. The van der Waals surface area contributed by atoms with Gasteiger partial charge in [-0.15, -0.1) is 0 Å². The molecule has 1 amide bonds. The van der Waals surface area contributed by atoms with E-state index in [1.54, 1.807) is 0 Å². The average Bonchev–Trinajstić information content (AvgIpc) is 2.65. The summed E-state index contributed by atoms with van der Waals surface area (Å²) in [4.78, 5) is 22.0. The summed E-state index contributed by atoms with van der Waals surface area (Å²) in [5.41, 5.74) is 3.29. The van der Waals surface area contributed by atoms with Crippen LogP contribution in [0.15, 0.2) is 42.5 Å². The molecule has 2 N–H and O–H groups in total. The highest BCUT2D eigenvalue weighted by Gasteiger charge is 2.05. The van der Waals surface area contributed by atoms with Gasteiger partial charge in [-0.1, -0.05) is 18.2 Å². The van der Waals surface area contributed by atoms with Gasteiger partial charge in [-0.3, -0.25) is 9.59 Å². The number of aliphatic carboxylic acids is 1. The lowest BCUT2D eigenvalue weighted by molar-refractivity contribution is -0.138. The Bertz CT molecular complexity index is 788. The number of rotatable bonds is 10. The van der Waals surface area contributed by atoms with Crippen molar-refractivity contribution in [1.82, 2.24) is 5.32 Å². The van der Waals surface area contributed by atoms with Crippen molar-refractivity contribution in [3.8, 4) is 11.5 Å². The molecule has 0 fully saturated rings. The van der Waals surface area contributed by atoms with Crippen LogP contribution in [0.3, 0.4) is 0 Å². The van der Waals surface area contributed by atoms with Gasteiger partial charge in [0, 0.05) is 13.0 Å². The van der Waals surface area contributed by atoms with Gasteiger partial charge in [0.25, 0.3) is 0 Å². The van der Waals surface area contributed by atoms with Crippen LogP contribution in [0.2, 0.25) is 0 Å². The maximum absolute atomic E-state index is 11.6. The van der Waals surface area contributed by atoms with Gasteiger partial charge in [0.2, 0.25) is 5.91 Å². The fourth-order valence-corrected chi connectivity index (χ4v) is 2.38. The van der Waals surface area contributed by atoms with E-state index in [4.69, 9.17) is 14.6 Å². The largest absolute Gasteiger partial charge is 0.490 e. The van der Waals surface area contributed by atoms with Crippen LogP contribution in [0.25, 0.3) is 0 Å². The zero-order chi connectivity index (χ0) is 19.6. The Kier molecular flexibility index (Phi) is 7.67. The Morgan fingerprint density at radius 1 is 0.926 bits per heavy atom. The van der Waals surface area contributed by atoms with Crippen molar-refractivity contribution < 1.29 is 24.2 Å². The number of carbonyl (C=O) groups excluding carboxylic acids is 1. The molecular weight excluding hydrogens is 346 g/mol. The first-order valence-electron chi connectivity index (χ1n) is 8.84. The molecule has 0 radical (unpaired) electrons. The number of benzene rings is 2. The molecule has 0 aliphatic carbocycles. The minimum Gasteiger partial charge on any atom is -0.490 e. The summed E-state index contributed by atoms with van der Waals surface area (Å²) in [5, 5.41) is 11.3. The summed E-state index contributed by atoms with van der Waals surface area (Å²) < 4.78 is 11.4. The van der Waals surface area contributed by atoms with Crippen molar-refractivity contribution in [2.24, 2.45) is 0 Å². The van der Waals surface area contributed by atoms with Gasteiger partial charge in [-0.2, -0.15) is 0 Å². The minimum absolute atomic E-state index is 0.0264. The van der Waals surface area contributed by atoms with E-state index in [-0.39, 0.29) is 18.7 Å². The van der Waals surface area contributed by atoms with Crippen LogP contribution in [0.5, 0.6) is 11.5 Å². The second-order valence-electron chi connectivity index (χ2n) is 6.26. The summed E-state index contributed by atoms with van der Waals surface area (Å²) in [6.07, 6.45) is -0.198. The molecule has 0 saturated carbocycles. The summed E-state index contributed by atoms with van der Waals surface area (Å²) in [5.74, 6) is 0.240. The number of ether oxygens (including phenoxy) is 2. The molecule has 0 unspecified atom stereocenters. The fraction of sp³-hybridized carbons (Fsp3) is 0.333. The maximum Gasteiger partial charge on any atom is 0.303 e. The van der Waals surface area contributed by atoms with Crippen LogP contribution >= 0.6 is 0 Å². The number of carbonyl (C=O) groups is 2. The Morgan fingerprint density at radius 3 is 2.30 bits per heavy atom. The molecule has 6 heteroatoms. The summed E-state index contributed by atoms with van der Waals surface area (Å²) in [7, 11) is 0. The highest BCUT2D eigenvalue weighted by molar-refractivity contribution is 5.80. The van der Waals surface area contributed by atoms with E-state index in [1.165, 1.54) is 11.1 Å². The molecule has 2 aromatic rings. The summed E-state index contributed by atoms with van der Waals surface area (Å²) in [6.45, 7) is 5.27. The molecule has 0 heterocycles. The van der Waals surface area contributed by atoms with Crippen molar-refractivity contribution in [1.29, 1.82) is 0 Å². The van der Waals surface area contributed by atoms with Crippen molar-refractivity contribution in [3.05, 3.63) is 59.2 Å². The fourth-order valence-electron chi connectivity index (χ4n) is 2.38. The molecule has 0 aliphatic rings. The average molecular weight is 371 g/mol. The van der Waals surface area contributed by atoms with Crippen molar-refractivity contribution >= 4 is 11.9 Å². The van der Waals surface area contributed by atoms with Gasteiger partial charge in [0.05, 0.1) is 6.42 Å². The van der Waals surface area contributed by atoms with Crippen LogP contribution in [0.4, 0.5) is 0 Å². The number of hydrogen-bond donors (Lipinski definition) is 2. The van der Waals surface area contributed by atoms with Gasteiger partial charge in [-0.05, 0) is 54.8 Å². The van der Waals surface area contributed by atoms with Crippen LogP contribution in [-0.4, -0.2) is 30.2 Å². The first-order valence-corrected chi connectivity index (χ1v) is 8.84. The third-order valence-electron chi connectivity index (χ3n) is 4.05. The van der Waals surface area contributed by atoms with E-state index < -0.39 is 5.97 Å². The van der Waals surface area contributed by atoms with Crippen LogP contribution in [0, 0.1) is 13.8 Å². The summed E-state index contributed by atoms with van der Waals surface area (Å²) >= 11 is 0. The molecule has 0 saturated heterocycles. The highest BCUT2D eigenvalue weighted by Crippen LogP contribution is 2.17. The smallest absolute Gasteiger partial charge is 0.303 e. The van der Waals surface area contributed by atoms with Crippen molar-refractivity contribution in [2.45, 2.75) is 33.2 Å². The van der Waals surface area contributed by atoms with Gasteiger partial charge in [-0.25, -0.2) is 0 Å². The number of aryl methyl sites for hydroxylation is 2. The molecular formula is C21H25NO5.